The van der Waals surface area contributed by atoms with Crippen LogP contribution in [-0.2, 0) is 4.74 Å². The van der Waals surface area contributed by atoms with Gasteiger partial charge in [-0.15, -0.1) is 0 Å². The first kappa shape index (κ1) is 16.0. The second kappa shape index (κ2) is 8.16. The highest BCUT2D eigenvalue weighted by molar-refractivity contribution is 5.86. The minimum atomic E-state index is 0.340. The average Bonchev–Trinajstić information content (AvgIpc) is 2.49. The van der Waals surface area contributed by atoms with Crippen molar-refractivity contribution in [2.75, 3.05) is 13.2 Å². The molecule has 0 aromatic heterocycles. The summed E-state index contributed by atoms with van der Waals surface area (Å²) in [4.78, 5) is 0. The number of fused-ring (bicyclic) bond motifs is 1. The molecule has 2 nitrogen and oxygen atoms in total. The van der Waals surface area contributed by atoms with Gasteiger partial charge in [0.2, 0.25) is 0 Å². The molecule has 2 rings (SSSR count). The number of unbranched alkanes of at least 4 members (excludes halogenated alkanes) is 1. The second-order valence-corrected chi connectivity index (χ2v) is 5.87. The highest BCUT2D eigenvalue weighted by atomic mass is 16.5. The summed E-state index contributed by atoms with van der Waals surface area (Å²) in [5.74, 6) is 0. The molecular formula is C19H27NO. The van der Waals surface area contributed by atoms with Crippen LogP contribution in [0.2, 0.25) is 0 Å². The lowest BCUT2D eigenvalue weighted by molar-refractivity contribution is 0.0759. The third kappa shape index (κ3) is 4.83. The van der Waals surface area contributed by atoms with Crippen LogP contribution in [0.15, 0.2) is 42.5 Å². The summed E-state index contributed by atoms with van der Waals surface area (Å²) in [6.45, 7) is 8.31. The summed E-state index contributed by atoms with van der Waals surface area (Å²) in [5.41, 5.74) is 1.38. The zero-order chi connectivity index (χ0) is 15.1. The molecule has 2 aromatic carbocycles. The van der Waals surface area contributed by atoms with Crippen LogP contribution in [0.25, 0.3) is 10.8 Å². The maximum absolute atomic E-state index is 5.56. The largest absolute Gasteiger partial charge is 0.379 e. The predicted molar refractivity (Wildman–Crippen MR) is 90.7 cm³/mol. The summed E-state index contributed by atoms with van der Waals surface area (Å²) >= 11 is 0. The molecule has 1 atom stereocenters. The van der Waals surface area contributed by atoms with Gasteiger partial charge in [0.05, 0.1) is 6.10 Å². The molecule has 0 saturated heterocycles. The zero-order valence-electron chi connectivity index (χ0n) is 13.4. The summed E-state index contributed by atoms with van der Waals surface area (Å²) in [6.07, 6.45) is 2.61. The minimum absolute atomic E-state index is 0.340. The van der Waals surface area contributed by atoms with Crippen LogP contribution in [0.5, 0.6) is 0 Å². The van der Waals surface area contributed by atoms with Crippen molar-refractivity contribution in [2.24, 2.45) is 0 Å². The van der Waals surface area contributed by atoms with Gasteiger partial charge >= 0.3 is 0 Å². The number of nitrogens with one attached hydrogen (secondary N) is 1. The Balaban J connectivity index is 1.84. The van der Waals surface area contributed by atoms with Crippen LogP contribution in [-0.4, -0.2) is 19.3 Å². The Morgan fingerprint density at radius 3 is 2.52 bits per heavy atom. The van der Waals surface area contributed by atoms with Gasteiger partial charge in [-0.3, -0.25) is 0 Å². The zero-order valence-corrected chi connectivity index (χ0v) is 13.4. The van der Waals surface area contributed by atoms with Crippen LogP contribution in [0.1, 0.15) is 45.2 Å². The molecule has 0 fully saturated rings. The van der Waals surface area contributed by atoms with E-state index in [1.807, 2.05) is 0 Å². The van der Waals surface area contributed by atoms with E-state index >= 15 is 0 Å². The lowest BCUT2D eigenvalue weighted by atomic mass is 9.99. The third-order valence-electron chi connectivity index (χ3n) is 3.76. The van der Waals surface area contributed by atoms with Gasteiger partial charge in [0.25, 0.3) is 0 Å². The van der Waals surface area contributed by atoms with E-state index in [-0.39, 0.29) is 0 Å². The average molecular weight is 285 g/mol. The summed E-state index contributed by atoms with van der Waals surface area (Å²) < 4.78 is 5.56. The molecule has 1 N–H and O–H groups in total. The fraction of sp³-hybridized carbons (Fsp3) is 0.474. The fourth-order valence-electron chi connectivity index (χ4n) is 2.60. The van der Waals surface area contributed by atoms with Crippen molar-refractivity contribution in [3.63, 3.8) is 0 Å². The van der Waals surface area contributed by atoms with Crippen molar-refractivity contribution < 1.29 is 4.74 Å². The van der Waals surface area contributed by atoms with E-state index in [0.29, 0.717) is 12.1 Å². The predicted octanol–water partition coefficient (Wildman–Crippen LogP) is 4.70. The number of rotatable bonds is 8. The van der Waals surface area contributed by atoms with Gasteiger partial charge in [0, 0.05) is 12.6 Å². The molecule has 2 heteroatoms. The van der Waals surface area contributed by atoms with E-state index in [1.165, 1.54) is 16.3 Å². The first-order valence-electron chi connectivity index (χ1n) is 8.01. The topological polar surface area (TPSA) is 21.3 Å². The van der Waals surface area contributed by atoms with Gasteiger partial charge in [0.1, 0.15) is 0 Å². The van der Waals surface area contributed by atoms with E-state index in [4.69, 9.17) is 4.74 Å². The number of hydrogen-bond donors (Lipinski definition) is 1. The second-order valence-electron chi connectivity index (χ2n) is 5.87. The lowest BCUT2D eigenvalue weighted by Gasteiger charge is -2.16. The normalized spacial score (nSPS) is 13.0. The molecule has 0 aliphatic carbocycles. The first-order valence-corrected chi connectivity index (χ1v) is 8.01. The molecular weight excluding hydrogens is 258 g/mol. The van der Waals surface area contributed by atoms with Gasteiger partial charge in [0.15, 0.2) is 0 Å². The Labute approximate surface area is 128 Å². The molecule has 114 valence electrons. The van der Waals surface area contributed by atoms with E-state index < -0.39 is 0 Å². The van der Waals surface area contributed by atoms with Crippen molar-refractivity contribution in [2.45, 2.75) is 45.8 Å². The van der Waals surface area contributed by atoms with Crippen LogP contribution in [0.3, 0.4) is 0 Å². The molecule has 0 spiro atoms. The summed E-state index contributed by atoms with van der Waals surface area (Å²) in [5, 5.41) is 6.29. The summed E-state index contributed by atoms with van der Waals surface area (Å²) in [6, 6.07) is 15.5. The molecule has 21 heavy (non-hydrogen) atoms. The smallest absolute Gasteiger partial charge is 0.0518 e. The molecule has 0 heterocycles. The monoisotopic (exact) mass is 285 g/mol. The quantitative estimate of drug-likeness (QED) is 0.710. The molecule has 0 aliphatic rings. The molecule has 1 unspecified atom stereocenters. The van der Waals surface area contributed by atoms with Crippen LogP contribution >= 0.6 is 0 Å². The van der Waals surface area contributed by atoms with Crippen molar-refractivity contribution in [1.29, 1.82) is 0 Å². The Morgan fingerprint density at radius 2 is 1.71 bits per heavy atom. The number of hydrogen-bond acceptors (Lipinski definition) is 2. The minimum Gasteiger partial charge on any atom is -0.379 e. The third-order valence-corrected chi connectivity index (χ3v) is 3.76. The molecule has 0 amide bonds. The van der Waals surface area contributed by atoms with Gasteiger partial charge in [-0.2, -0.15) is 0 Å². The van der Waals surface area contributed by atoms with Gasteiger partial charge in [-0.25, -0.2) is 0 Å². The van der Waals surface area contributed by atoms with Crippen molar-refractivity contribution in [3.8, 4) is 0 Å². The Bertz CT molecular complexity index is 545. The lowest BCUT2D eigenvalue weighted by Crippen LogP contribution is -2.20. The van der Waals surface area contributed by atoms with E-state index in [0.717, 1.165) is 26.0 Å². The highest BCUT2D eigenvalue weighted by Gasteiger charge is 2.07. The van der Waals surface area contributed by atoms with Crippen molar-refractivity contribution in [1.82, 2.24) is 5.32 Å². The molecule has 2 aromatic rings. The van der Waals surface area contributed by atoms with Crippen LogP contribution in [0, 0.1) is 0 Å². The summed E-state index contributed by atoms with van der Waals surface area (Å²) in [7, 11) is 0. The van der Waals surface area contributed by atoms with Gasteiger partial charge in [-0.05, 0) is 56.5 Å². The molecule has 0 radical (unpaired) electrons. The SMILES string of the molecule is CC(C)OCCCCNC(C)c1cccc2ccccc12. The van der Waals surface area contributed by atoms with Crippen molar-refractivity contribution >= 4 is 10.8 Å². The standard InChI is InChI=1S/C19H27NO/c1-15(2)21-14-7-6-13-20-16(3)18-12-8-10-17-9-4-5-11-19(17)18/h4-5,8-12,15-16,20H,6-7,13-14H2,1-3H3. The number of ether oxygens (including phenoxy) is 1. The molecule has 0 saturated carbocycles. The maximum atomic E-state index is 5.56. The molecule has 0 bridgehead atoms. The Morgan fingerprint density at radius 1 is 0.952 bits per heavy atom. The van der Waals surface area contributed by atoms with Crippen molar-refractivity contribution in [3.05, 3.63) is 48.0 Å². The number of benzene rings is 2. The van der Waals surface area contributed by atoms with E-state index in [9.17, 15) is 0 Å². The maximum Gasteiger partial charge on any atom is 0.0518 e. The fourth-order valence-corrected chi connectivity index (χ4v) is 2.60. The Kier molecular flexibility index (Phi) is 6.21. The van der Waals surface area contributed by atoms with E-state index in [1.54, 1.807) is 0 Å². The van der Waals surface area contributed by atoms with Gasteiger partial charge < -0.3 is 10.1 Å². The van der Waals surface area contributed by atoms with Crippen LogP contribution in [0.4, 0.5) is 0 Å². The van der Waals surface area contributed by atoms with E-state index in [2.05, 4.69) is 68.6 Å². The van der Waals surface area contributed by atoms with Gasteiger partial charge in [-0.1, -0.05) is 42.5 Å². The first-order chi connectivity index (χ1) is 10.2. The Hall–Kier alpha value is -1.38. The van der Waals surface area contributed by atoms with Crippen LogP contribution < -0.4 is 5.32 Å². The molecule has 0 aliphatic heterocycles. The highest BCUT2D eigenvalue weighted by Crippen LogP contribution is 2.23.